The van der Waals surface area contributed by atoms with E-state index in [0.29, 0.717) is 17.3 Å². The summed E-state index contributed by atoms with van der Waals surface area (Å²) in [7, 11) is 1.67. The van der Waals surface area contributed by atoms with Gasteiger partial charge in [-0.1, -0.05) is 0 Å². The number of aromatic nitrogens is 5. The molecule has 1 atom stereocenters. The van der Waals surface area contributed by atoms with Crippen LogP contribution in [0.25, 0.3) is 11.3 Å². The molecule has 172 valence electrons. The van der Waals surface area contributed by atoms with Gasteiger partial charge in [0.05, 0.1) is 30.7 Å². The van der Waals surface area contributed by atoms with Crippen LogP contribution < -0.4 is 14.5 Å². The predicted octanol–water partition coefficient (Wildman–Crippen LogP) is 2.58. The summed E-state index contributed by atoms with van der Waals surface area (Å²) in [6.07, 6.45) is 11.0. The maximum Gasteiger partial charge on any atom is 0.270 e. The predicted molar refractivity (Wildman–Crippen MR) is 128 cm³/mol. The van der Waals surface area contributed by atoms with Crippen molar-refractivity contribution in [1.29, 1.82) is 0 Å². The van der Waals surface area contributed by atoms with Gasteiger partial charge in [-0.15, -0.1) is 4.37 Å². The summed E-state index contributed by atoms with van der Waals surface area (Å²) < 4.78 is 14.0. The summed E-state index contributed by atoms with van der Waals surface area (Å²) >= 11 is 1.23. The van der Waals surface area contributed by atoms with E-state index in [-0.39, 0.29) is 0 Å². The van der Waals surface area contributed by atoms with E-state index in [1.165, 1.54) is 31.0 Å². The second-order valence-corrected chi connectivity index (χ2v) is 9.87. The Morgan fingerprint density at radius 3 is 2.67 bits per heavy atom. The zero-order chi connectivity index (χ0) is 22.3. The van der Waals surface area contributed by atoms with E-state index in [0.717, 1.165) is 62.2 Å². The normalized spacial score (nSPS) is 22.5. The van der Waals surface area contributed by atoms with Crippen LogP contribution in [0.5, 0.6) is 5.88 Å². The van der Waals surface area contributed by atoms with Crippen molar-refractivity contribution >= 4 is 23.4 Å². The van der Waals surface area contributed by atoms with Crippen LogP contribution in [0, 0.1) is 5.41 Å². The quantitative estimate of drug-likeness (QED) is 0.566. The van der Waals surface area contributed by atoms with Gasteiger partial charge in [0.2, 0.25) is 5.82 Å². The van der Waals surface area contributed by atoms with Crippen molar-refractivity contribution in [2.75, 3.05) is 56.2 Å². The molecule has 5 heterocycles. The average Bonchev–Trinajstić information content (AvgIpc) is 3.51. The lowest BCUT2D eigenvalue weighted by atomic mass is 9.78. The summed E-state index contributed by atoms with van der Waals surface area (Å²) in [5.41, 5.74) is 2.36. The van der Waals surface area contributed by atoms with Crippen LogP contribution in [-0.2, 0) is 0 Å². The highest BCUT2D eigenvalue weighted by molar-refractivity contribution is 6.99. The van der Waals surface area contributed by atoms with Crippen LogP contribution in [0.1, 0.15) is 19.3 Å². The lowest BCUT2D eigenvalue weighted by Gasteiger charge is -2.49. The second kappa shape index (κ2) is 8.49. The van der Waals surface area contributed by atoms with Crippen molar-refractivity contribution in [2.45, 2.75) is 25.3 Å². The number of hydrogen-bond donors (Lipinski definition) is 0. The number of pyridine rings is 1. The maximum absolute atomic E-state index is 5.36. The van der Waals surface area contributed by atoms with Gasteiger partial charge in [-0.05, 0) is 31.4 Å². The van der Waals surface area contributed by atoms with Crippen molar-refractivity contribution in [2.24, 2.45) is 5.41 Å². The van der Waals surface area contributed by atoms with E-state index < -0.39 is 0 Å². The summed E-state index contributed by atoms with van der Waals surface area (Å²) in [5.74, 6) is 2.59. The van der Waals surface area contributed by atoms with Gasteiger partial charge in [0, 0.05) is 74.9 Å². The molecule has 2 aliphatic heterocycles. The molecule has 0 bridgehead atoms. The highest BCUT2D eigenvalue weighted by Crippen LogP contribution is 2.49. The SMILES string of the molecule is COc1nsnc1N1CC2(CCC(N3CCN(c4ncccc4-c4cnccn4)CC3)C2)C1. The number of piperazine rings is 1. The number of nitrogens with zero attached hydrogens (tertiary/aromatic N) is 8. The van der Waals surface area contributed by atoms with E-state index >= 15 is 0 Å². The summed E-state index contributed by atoms with van der Waals surface area (Å²) in [6.45, 7) is 6.26. The molecule has 6 rings (SSSR count). The van der Waals surface area contributed by atoms with Crippen LogP contribution in [0.4, 0.5) is 11.6 Å². The van der Waals surface area contributed by atoms with Crippen molar-refractivity contribution in [3.05, 3.63) is 36.9 Å². The molecule has 3 fully saturated rings. The van der Waals surface area contributed by atoms with Gasteiger partial charge in [0.1, 0.15) is 5.82 Å². The van der Waals surface area contributed by atoms with E-state index in [2.05, 4.69) is 39.5 Å². The Labute approximate surface area is 197 Å². The Hall–Kier alpha value is -2.85. The lowest BCUT2D eigenvalue weighted by Crippen LogP contribution is -2.56. The van der Waals surface area contributed by atoms with Gasteiger partial charge < -0.3 is 14.5 Å². The fraction of sp³-hybridized carbons (Fsp3) is 0.522. The maximum atomic E-state index is 5.36. The monoisotopic (exact) mass is 464 g/mol. The van der Waals surface area contributed by atoms with Crippen molar-refractivity contribution in [3.8, 4) is 17.1 Å². The van der Waals surface area contributed by atoms with Crippen molar-refractivity contribution in [1.82, 2.24) is 28.6 Å². The molecule has 33 heavy (non-hydrogen) atoms. The molecule has 1 saturated carbocycles. The first-order chi connectivity index (χ1) is 16.2. The Bertz CT molecular complexity index is 1090. The molecule has 1 spiro atoms. The van der Waals surface area contributed by atoms with Gasteiger partial charge in [-0.25, -0.2) is 4.98 Å². The molecule has 1 aliphatic carbocycles. The molecular weight excluding hydrogens is 436 g/mol. The Balaban J connectivity index is 1.07. The molecule has 1 unspecified atom stereocenters. The first-order valence-electron chi connectivity index (χ1n) is 11.6. The van der Waals surface area contributed by atoms with Crippen LogP contribution in [-0.4, -0.2) is 81.0 Å². The molecule has 3 aromatic heterocycles. The molecular formula is C23H28N8OS. The third-order valence-electron chi connectivity index (χ3n) is 7.42. The fourth-order valence-corrected chi connectivity index (χ4v) is 6.31. The van der Waals surface area contributed by atoms with Gasteiger partial charge in [-0.3, -0.25) is 14.9 Å². The summed E-state index contributed by atoms with van der Waals surface area (Å²) in [5, 5.41) is 0. The number of anilines is 2. The van der Waals surface area contributed by atoms with E-state index in [4.69, 9.17) is 9.72 Å². The fourth-order valence-electron chi connectivity index (χ4n) is 5.77. The topological polar surface area (TPSA) is 83.4 Å². The summed E-state index contributed by atoms with van der Waals surface area (Å²) in [6, 6.07) is 4.74. The number of methoxy groups -OCH3 is 1. The van der Waals surface area contributed by atoms with Crippen molar-refractivity contribution < 1.29 is 4.74 Å². The van der Waals surface area contributed by atoms with Crippen LogP contribution in [0.15, 0.2) is 36.9 Å². The van der Waals surface area contributed by atoms with Gasteiger partial charge >= 0.3 is 0 Å². The largest absolute Gasteiger partial charge is 0.478 e. The molecule has 0 radical (unpaired) electrons. The Morgan fingerprint density at radius 2 is 1.88 bits per heavy atom. The minimum atomic E-state index is 0.427. The number of rotatable bonds is 5. The minimum Gasteiger partial charge on any atom is -0.478 e. The van der Waals surface area contributed by atoms with Crippen LogP contribution in [0.3, 0.4) is 0 Å². The smallest absolute Gasteiger partial charge is 0.270 e. The van der Waals surface area contributed by atoms with Gasteiger partial charge in [-0.2, -0.15) is 4.37 Å². The number of hydrogen-bond acceptors (Lipinski definition) is 10. The second-order valence-electron chi connectivity index (χ2n) is 9.34. The zero-order valence-electron chi connectivity index (χ0n) is 18.8. The average molecular weight is 465 g/mol. The van der Waals surface area contributed by atoms with E-state index in [9.17, 15) is 0 Å². The lowest BCUT2D eigenvalue weighted by molar-refractivity contribution is 0.153. The third-order valence-corrected chi connectivity index (χ3v) is 7.92. The molecule has 0 aromatic carbocycles. The molecule has 3 aromatic rings. The van der Waals surface area contributed by atoms with Gasteiger partial charge in [0.15, 0.2) is 0 Å². The van der Waals surface area contributed by atoms with Crippen molar-refractivity contribution in [3.63, 3.8) is 0 Å². The summed E-state index contributed by atoms with van der Waals surface area (Å²) in [4.78, 5) is 20.9. The third kappa shape index (κ3) is 3.80. The molecule has 10 heteroatoms. The zero-order valence-corrected chi connectivity index (χ0v) is 19.6. The highest BCUT2D eigenvalue weighted by Gasteiger charge is 2.50. The van der Waals surface area contributed by atoms with Gasteiger partial charge in [0.25, 0.3) is 5.88 Å². The first kappa shape index (κ1) is 20.7. The first-order valence-corrected chi connectivity index (χ1v) is 12.3. The van der Waals surface area contributed by atoms with E-state index in [1.54, 1.807) is 19.5 Å². The molecule has 0 amide bonds. The number of ether oxygens (including phenoxy) is 1. The molecule has 9 nitrogen and oxygen atoms in total. The molecule has 3 aliphatic rings. The Kier molecular flexibility index (Phi) is 5.34. The molecule has 2 saturated heterocycles. The van der Waals surface area contributed by atoms with Crippen LogP contribution in [0.2, 0.25) is 0 Å². The highest BCUT2D eigenvalue weighted by atomic mass is 32.1. The minimum absolute atomic E-state index is 0.427. The standard InChI is InChI=1S/C23H28N8OS/c1-32-22-21(27-33-28-22)31-15-23(16-31)5-4-17(13-23)29-9-11-30(12-10-29)20-18(3-2-6-26-20)19-14-24-7-8-25-19/h2-3,6-8,14,17H,4-5,9-13,15-16H2,1H3. The van der Waals surface area contributed by atoms with E-state index in [1.807, 2.05) is 18.5 Å². The molecule has 0 N–H and O–H groups in total. The Morgan fingerprint density at radius 1 is 1.00 bits per heavy atom. The van der Waals surface area contributed by atoms with Crippen LogP contribution >= 0.6 is 11.7 Å².